The highest BCUT2D eigenvalue weighted by Gasteiger charge is 2.56. The van der Waals surface area contributed by atoms with E-state index in [-0.39, 0.29) is 36.4 Å². The summed E-state index contributed by atoms with van der Waals surface area (Å²) in [5, 5.41) is 3.19. The van der Waals surface area contributed by atoms with E-state index in [1.807, 2.05) is 0 Å². The molecule has 1 aliphatic heterocycles. The first kappa shape index (κ1) is 25.1. The van der Waals surface area contributed by atoms with Gasteiger partial charge < -0.3 is 20.5 Å². The average Bonchev–Trinajstić information content (AvgIpc) is 2.81. The van der Waals surface area contributed by atoms with Crippen LogP contribution in [0.3, 0.4) is 0 Å². The van der Waals surface area contributed by atoms with Crippen LogP contribution in [0.1, 0.15) is 44.9 Å². The smallest absolute Gasteiger partial charge is 0.304 e. The summed E-state index contributed by atoms with van der Waals surface area (Å²) in [4.78, 5) is 24.8. The third-order valence-electron chi connectivity index (χ3n) is 8.63. The van der Waals surface area contributed by atoms with Crippen LogP contribution in [0.2, 0.25) is 0 Å². The Labute approximate surface area is 212 Å². The summed E-state index contributed by atoms with van der Waals surface area (Å²) in [6.45, 7) is 0.369. The molecule has 4 saturated carbocycles. The maximum Gasteiger partial charge on any atom is 0.304 e. The van der Waals surface area contributed by atoms with Crippen molar-refractivity contribution in [2.45, 2.75) is 51.0 Å². The predicted octanol–water partition coefficient (Wildman–Crippen LogP) is 1.65. The van der Waals surface area contributed by atoms with Crippen molar-refractivity contribution in [3.8, 4) is 11.5 Å². The van der Waals surface area contributed by atoms with Crippen LogP contribution in [0.4, 0.5) is 5.69 Å². The Kier molecular flexibility index (Phi) is 6.57. The molecule has 1 aromatic rings. The SMILES string of the molecule is COc1ccc(N2CCCN(CC(=O)NC3C4CC5CC3CC(CC(N)=O)(C5)C4)S2(=O)=O)c(OC)c1. The molecular formula is C25H36N4O6S. The number of primary amides is 1. The van der Waals surface area contributed by atoms with Gasteiger partial charge in [-0.1, -0.05) is 0 Å². The average molecular weight is 521 g/mol. The van der Waals surface area contributed by atoms with E-state index in [0.29, 0.717) is 54.3 Å². The van der Waals surface area contributed by atoms with Gasteiger partial charge in [-0.15, -0.1) is 0 Å². The van der Waals surface area contributed by atoms with Gasteiger partial charge in [0.15, 0.2) is 0 Å². The Morgan fingerprint density at radius 1 is 1.11 bits per heavy atom. The van der Waals surface area contributed by atoms with Crippen molar-refractivity contribution >= 4 is 27.7 Å². The van der Waals surface area contributed by atoms with Gasteiger partial charge in [-0.05, 0) is 73.8 Å². The number of hydrogen-bond acceptors (Lipinski definition) is 6. The summed E-state index contributed by atoms with van der Waals surface area (Å²) >= 11 is 0. The summed E-state index contributed by atoms with van der Waals surface area (Å²) in [7, 11) is -0.895. The molecule has 4 aliphatic carbocycles. The van der Waals surface area contributed by atoms with E-state index >= 15 is 0 Å². The largest absolute Gasteiger partial charge is 0.497 e. The van der Waals surface area contributed by atoms with Crippen LogP contribution >= 0.6 is 0 Å². The van der Waals surface area contributed by atoms with Gasteiger partial charge >= 0.3 is 10.2 Å². The number of amides is 2. The molecule has 6 rings (SSSR count). The second kappa shape index (κ2) is 9.41. The molecule has 3 N–H and O–H groups in total. The van der Waals surface area contributed by atoms with E-state index in [1.165, 1.54) is 22.8 Å². The van der Waals surface area contributed by atoms with E-state index in [4.69, 9.17) is 15.2 Å². The lowest BCUT2D eigenvalue weighted by molar-refractivity contribution is -0.134. The van der Waals surface area contributed by atoms with E-state index in [1.54, 1.807) is 18.2 Å². The van der Waals surface area contributed by atoms with Crippen LogP contribution in [0.25, 0.3) is 0 Å². The number of anilines is 1. The Hall–Kier alpha value is -2.53. The van der Waals surface area contributed by atoms with Gasteiger partial charge in [-0.2, -0.15) is 12.7 Å². The highest BCUT2D eigenvalue weighted by atomic mass is 32.2. The third kappa shape index (κ3) is 4.51. The van der Waals surface area contributed by atoms with Crippen molar-refractivity contribution in [3.63, 3.8) is 0 Å². The van der Waals surface area contributed by atoms with Crippen LogP contribution in [0, 0.1) is 23.2 Å². The molecule has 1 heterocycles. The number of carbonyl (C=O) groups excluding carboxylic acids is 2. The van der Waals surface area contributed by atoms with Crippen molar-refractivity contribution in [2.24, 2.45) is 28.9 Å². The van der Waals surface area contributed by atoms with Gasteiger partial charge in [0.1, 0.15) is 11.5 Å². The third-order valence-corrected chi connectivity index (χ3v) is 10.5. The number of rotatable bonds is 8. The quantitative estimate of drug-likeness (QED) is 0.536. The fourth-order valence-corrected chi connectivity index (χ4v) is 9.24. The summed E-state index contributed by atoms with van der Waals surface area (Å²) in [6, 6.07) is 5.03. The second-order valence-corrected chi connectivity index (χ2v) is 12.9. The molecule has 0 aromatic heterocycles. The monoisotopic (exact) mass is 520 g/mol. The number of methoxy groups -OCH3 is 2. The zero-order valence-electron chi connectivity index (χ0n) is 20.9. The van der Waals surface area contributed by atoms with Gasteiger partial charge in [0.2, 0.25) is 11.8 Å². The standard InChI is InChI=1S/C25H36N4O6S/c1-34-19-4-5-20(21(10-19)35-2)29-7-3-6-28(36(29,32)33)15-23(31)27-24-17-8-16-9-18(24)13-25(11-16,12-17)14-22(26)30/h4-5,10,16-18,24H,3,6-9,11-15H2,1-2H3,(H2,26,30)(H,27,31). The van der Waals surface area contributed by atoms with Gasteiger partial charge in [0.05, 0.1) is 26.5 Å². The van der Waals surface area contributed by atoms with Crippen molar-refractivity contribution < 1.29 is 27.5 Å². The lowest BCUT2D eigenvalue weighted by Crippen LogP contribution is -2.61. The fourth-order valence-electron chi connectivity index (χ4n) is 7.56. The minimum atomic E-state index is -3.92. The first-order valence-electron chi connectivity index (χ1n) is 12.7. The van der Waals surface area contributed by atoms with Crippen molar-refractivity contribution in [3.05, 3.63) is 18.2 Å². The number of nitrogens with two attached hydrogens (primary N) is 1. The molecular weight excluding hydrogens is 484 g/mol. The van der Waals surface area contributed by atoms with Gasteiger partial charge in [0, 0.05) is 31.6 Å². The maximum absolute atomic E-state index is 13.5. The first-order valence-corrected chi connectivity index (χ1v) is 14.1. The zero-order chi connectivity index (χ0) is 25.7. The molecule has 198 valence electrons. The Balaban J connectivity index is 1.27. The van der Waals surface area contributed by atoms with Crippen LogP contribution in [0.5, 0.6) is 11.5 Å². The van der Waals surface area contributed by atoms with Gasteiger partial charge in [-0.25, -0.2) is 0 Å². The van der Waals surface area contributed by atoms with Crippen LogP contribution in [-0.2, 0) is 19.8 Å². The second-order valence-electron chi connectivity index (χ2n) is 11.0. The lowest BCUT2D eigenvalue weighted by Gasteiger charge is -2.60. The zero-order valence-corrected chi connectivity index (χ0v) is 21.8. The molecule has 10 nitrogen and oxygen atoms in total. The maximum atomic E-state index is 13.5. The molecule has 4 bridgehead atoms. The fraction of sp³-hybridized carbons (Fsp3) is 0.680. The molecule has 1 aromatic carbocycles. The van der Waals surface area contributed by atoms with Gasteiger partial charge in [0.25, 0.3) is 0 Å². The van der Waals surface area contributed by atoms with Crippen LogP contribution in [0.15, 0.2) is 18.2 Å². The Morgan fingerprint density at radius 2 is 1.83 bits per heavy atom. The number of nitrogens with zero attached hydrogens (tertiary/aromatic N) is 2. The van der Waals surface area contributed by atoms with Crippen molar-refractivity contribution in [1.29, 1.82) is 0 Å². The first-order chi connectivity index (χ1) is 17.1. The molecule has 0 radical (unpaired) electrons. The summed E-state index contributed by atoms with van der Waals surface area (Å²) < 4.78 is 40.2. The molecule has 36 heavy (non-hydrogen) atoms. The molecule has 11 heteroatoms. The number of carbonyl (C=O) groups is 2. The normalized spacial score (nSPS) is 32.8. The topological polar surface area (TPSA) is 131 Å². The Bertz CT molecular complexity index is 1130. The molecule has 5 fully saturated rings. The van der Waals surface area contributed by atoms with E-state index < -0.39 is 10.2 Å². The summed E-state index contributed by atoms with van der Waals surface area (Å²) in [5.74, 6) is 1.66. The summed E-state index contributed by atoms with van der Waals surface area (Å²) in [6.07, 6.45) is 5.98. The Morgan fingerprint density at radius 3 is 2.47 bits per heavy atom. The highest BCUT2D eigenvalue weighted by Crippen LogP contribution is 2.61. The number of nitrogens with one attached hydrogen (secondary N) is 1. The highest BCUT2D eigenvalue weighted by molar-refractivity contribution is 7.90. The van der Waals surface area contributed by atoms with Crippen molar-refractivity contribution in [1.82, 2.24) is 9.62 Å². The number of benzene rings is 1. The van der Waals surface area contributed by atoms with Gasteiger partial charge in [-0.3, -0.25) is 13.9 Å². The van der Waals surface area contributed by atoms with E-state index in [0.717, 1.165) is 32.1 Å². The molecule has 2 unspecified atom stereocenters. The number of ether oxygens (including phenoxy) is 2. The molecule has 0 spiro atoms. The number of hydrogen-bond donors (Lipinski definition) is 2. The van der Waals surface area contributed by atoms with E-state index in [2.05, 4.69) is 5.32 Å². The molecule has 2 amide bonds. The summed E-state index contributed by atoms with van der Waals surface area (Å²) in [5.41, 5.74) is 5.96. The molecule has 2 atom stereocenters. The lowest BCUT2D eigenvalue weighted by atomic mass is 9.47. The van der Waals surface area contributed by atoms with Crippen LogP contribution in [-0.4, -0.2) is 64.4 Å². The minimum absolute atomic E-state index is 0.0162. The molecule has 1 saturated heterocycles. The minimum Gasteiger partial charge on any atom is -0.497 e. The molecule has 5 aliphatic rings. The van der Waals surface area contributed by atoms with Crippen LogP contribution < -0.4 is 24.8 Å². The predicted molar refractivity (Wildman–Crippen MR) is 134 cm³/mol. The van der Waals surface area contributed by atoms with E-state index in [9.17, 15) is 18.0 Å². The van der Waals surface area contributed by atoms with Crippen molar-refractivity contribution in [2.75, 3.05) is 38.2 Å².